The van der Waals surface area contributed by atoms with E-state index in [0.717, 1.165) is 122 Å². The number of benzene rings is 13. The Morgan fingerprint density at radius 2 is 0.826 bits per heavy atom. The first-order chi connectivity index (χ1) is 42.4. The summed E-state index contributed by atoms with van der Waals surface area (Å²) in [6.07, 6.45) is 0. The van der Waals surface area contributed by atoms with E-state index in [-0.39, 0.29) is 0 Å². The molecule has 1 aliphatic heterocycles. The number of aromatic nitrogens is 1. The highest BCUT2D eigenvalue weighted by molar-refractivity contribution is 6.19. The summed E-state index contributed by atoms with van der Waals surface area (Å²) in [6, 6.07) is 93.9. The van der Waals surface area contributed by atoms with Crippen molar-refractivity contribution in [3.05, 3.63) is 293 Å². The average Bonchev–Trinajstić information content (AvgIpc) is 1.47. The maximum Gasteiger partial charge on any atom is 0.159 e. The van der Waals surface area contributed by atoms with Gasteiger partial charge < -0.3 is 23.2 Å². The SMILES string of the molecule is Cc1cccc2c1oc1c(N(c3ccc(C#N)cc3)c3ccc4c(c3)c3cc(N(c5ccc(C#N)cc5)c5cccc6c5oc5c(C)cccc56)cc5c3n4-c3ccccc3C53c4ccc5ccccc5c4-c4c3ccc3ccccc43)cccc12. The van der Waals surface area contributed by atoms with E-state index in [1.165, 1.54) is 49.4 Å². The Morgan fingerprint density at radius 3 is 1.38 bits per heavy atom. The summed E-state index contributed by atoms with van der Waals surface area (Å²) >= 11 is 0. The second kappa shape index (κ2) is 17.7. The van der Waals surface area contributed by atoms with Gasteiger partial charge in [0.2, 0.25) is 0 Å². The summed E-state index contributed by atoms with van der Waals surface area (Å²) in [6.45, 7) is 4.20. The van der Waals surface area contributed by atoms with Crippen molar-refractivity contribution in [3.8, 4) is 29.0 Å². The van der Waals surface area contributed by atoms with Crippen molar-refractivity contribution in [2.45, 2.75) is 19.3 Å². The topological polar surface area (TPSA) is 85.3 Å². The quantitative estimate of drug-likeness (QED) is 0.165. The van der Waals surface area contributed by atoms with E-state index < -0.39 is 5.41 Å². The zero-order valence-corrected chi connectivity index (χ0v) is 46.7. The van der Waals surface area contributed by atoms with Crippen LogP contribution in [-0.2, 0) is 5.41 Å². The molecule has 86 heavy (non-hydrogen) atoms. The Hall–Kier alpha value is -11.6. The fourth-order valence-corrected chi connectivity index (χ4v) is 15.0. The van der Waals surface area contributed by atoms with Crippen LogP contribution in [0.3, 0.4) is 0 Å². The first-order valence-corrected chi connectivity index (χ1v) is 29.1. The predicted octanol–water partition coefficient (Wildman–Crippen LogP) is 20.9. The Morgan fingerprint density at radius 1 is 0.360 bits per heavy atom. The van der Waals surface area contributed by atoms with Crippen LogP contribution < -0.4 is 9.80 Å². The molecule has 0 unspecified atom stereocenters. The number of rotatable bonds is 6. The average molecular weight is 1100 g/mol. The van der Waals surface area contributed by atoms with Crippen molar-refractivity contribution < 1.29 is 8.83 Å². The van der Waals surface area contributed by atoms with Gasteiger partial charge in [0.05, 0.1) is 56.8 Å². The summed E-state index contributed by atoms with van der Waals surface area (Å²) in [5.74, 6) is 0. The minimum atomic E-state index is -0.834. The monoisotopic (exact) mass is 1100 g/mol. The number of para-hydroxylation sites is 5. The second-order valence-electron chi connectivity index (χ2n) is 23.0. The van der Waals surface area contributed by atoms with Crippen molar-refractivity contribution in [1.29, 1.82) is 10.5 Å². The van der Waals surface area contributed by atoms with Gasteiger partial charge in [-0.3, -0.25) is 0 Å². The number of fused-ring (bicyclic) bond motifs is 22. The maximum absolute atomic E-state index is 10.3. The molecule has 18 rings (SSSR count). The number of aryl methyl sites for hydroxylation is 2. The molecule has 2 aliphatic rings. The van der Waals surface area contributed by atoms with E-state index in [2.05, 4.69) is 253 Å². The third-order valence-electron chi connectivity index (χ3n) is 18.6. The summed E-state index contributed by atoms with van der Waals surface area (Å²) < 4.78 is 16.6. The van der Waals surface area contributed by atoms with Crippen molar-refractivity contribution >= 4 is 121 Å². The molecule has 1 spiro atoms. The van der Waals surface area contributed by atoms with Crippen LogP contribution in [0.2, 0.25) is 0 Å². The zero-order chi connectivity index (χ0) is 57.1. The molecule has 0 amide bonds. The molecule has 16 aromatic rings. The largest absolute Gasteiger partial charge is 0.454 e. The van der Waals surface area contributed by atoms with E-state index in [0.29, 0.717) is 11.1 Å². The van der Waals surface area contributed by atoms with Crippen LogP contribution >= 0.6 is 0 Å². The fraction of sp³-hybridized carbons (Fsp3) is 0.0380. The van der Waals surface area contributed by atoms with Crippen LogP contribution in [-0.4, -0.2) is 4.57 Å². The minimum Gasteiger partial charge on any atom is -0.454 e. The van der Waals surface area contributed by atoms with Crippen LogP contribution in [0.25, 0.3) is 104 Å². The molecule has 4 heterocycles. The Labute approximate surface area is 493 Å². The molecule has 7 nitrogen and oxygen atoms in total. The predicted molar refractivity (Wildman–Crippen MR) is 349 cm³/mol. The summed E-state index contributed by atoms with van der Waals surface area (Å²) in [5.41, 5.74) is 21.6. The minimum absolute atomic E-state index is 0.571. The normalized spacial score (nSPS) is 12.8. The van der Waals surface area contributed by atoms with Crippen molar-refractivity contribution in [3.63, 3.8) is 0 Å². The first kappa shape index (κ1) is 47.9. The molecule has 0 saturated carbocycles. The molecule has 0 N–H and O–H groups in total. The first-order valence-electron chi connectivity index (χ1n) is 29.1. The molecule has 0 saturated heterocycles. The molecule has 0 atom stereocenters. The van der Waals surface area contributed by atoms with Gasteiger partial charge >= 0.3 is 0 Å². The molecule has 0 bridgehead atoms. The number of hydrogen-bond acceptors (Lipinski definition) is 6. The van der Waals surface area contributed by atoms with E-state index in [4.69, 9.17) is 8.83 Å². The lowest BCUT2D eigenvalue weighted by molar-refractivity contribution is 0.665. The van der Waals surface area contributed by atoms with Crippen molar-refractivity contribution in [2.75, 3.05) is 9.80 Å². The number of hydrogen-bond donors (Lipinski definition) is 0. The van der Waals surface area contributed by atoms with Crippen molar-refractivity contribution in [1.82, 2.24) is 4.57 Å². The highest BCUT2D eigenvalue weighted by Gasteiger charge is 2.52. The third-order valence-corrected chi connectivity index (χ3v) is 18.6. The van der Waals surface area contributed by atoms with Gasteiger partial charge in [-0.2, -0.15) is 10.5 Å². The van der Waals surface area contributed by atoms with Gasteiger partial charge in [-0.25, -0.2) is 0 Å². The lowest BCUT2D eigenvalue weighted by Crippen LogP contribution is -2.33. The number of nitrogens with zero attached hydrogens (tertiary/aromatic N) is 5. The van der Waals surface area contributed by atoms with Crippen molar-refractivity contribution in [2.24, 2.45) is 0 Å². The van der Waals surface area contributed by atoms with Crippen LogP contribution in [0.4, 0.5) is 34.1 Å². The number of furan rings is 2. The van der Waals surface area contributed by atoms with Crippen LogP contribution in [0, 0.1) is 36.5 Å². The molecular weight excluding hydrogens is 1050 g/mol. The number of anilines is 6. The van der Waals surface area contributed by atoms with E-state index in [1.54, 1.807) is 0 Å². The Bertz CT molecular complexity index is 5640. The number of nitriles is 2. The van der Waals surface area contributed by atoms with Gasteiger partial charge in [0.25, 0.3) is 0 Å². The van der Waals surface area contributed by atoms with E-state index >= 15 is 0 Å². The van der Waals surface area contributed by atoms with E-state index in [9.17, 15) is 10.5 Å². The van der Waals surface area contributed by atoms with Gasteiger partial charge in [0.1, 0.15) is 11.2 Å². The highest BCUT2D eigenvalue weighted by atomic mass is 16.3. The third kappa shape index (κ3) is 6.38. The van der Waals surface area contributed by atoms with Gasteiger partial charge in [-0.15, -0.1) is 0 Å². The smallest absolute Gasteiger partial charge is 0.159 e. The standard InChI is InChI=1S/C79H47N5O2/c1-46-13-9-19-58-60-21-11-25-70(77(60)85-75(46)58)82(52-33-27-48(44-80)28-34-52)54-37-40-68-62(41-54)63-42-55(83(53-35-29-49(45-81)30-36-53)71-26-12-22-61-59-20-10-14-47(2)76(59)86-78(61)71)43-67-74(63)84(68)69-24-8-7-23-64(69)79(67)65-38-31-50-15-3-5-17-56(50)72(65)73-57-18-6-4-16-51(57)32-39-66(73)79/h3-43H,1-2H3. The summed E-state index contributed by atoms with van der Waals surface area (Å²) in [5, 5.41) is 31.4. The lowest BCUT2D eigenvalue weighted by Gasteiger charge is -2.40. The fourth-order valence-electron chi connectivity index (χ4n) is 15.0. The lowest BCUT2D eigenvalue weighted by atomic mass is 9.65. The van der Waals surface area contributed by atoms with Gasteiger partial charge in [-0.1, -0.05) is 152 Å². The molecular formula is C79H47N5O2. The molecule has 1 aliphatic carbocycles. The highest BCUT2D eigenvalue weighted by Crippen LogP contribution is 2.64. The van der Waals surface area contributed by atoms with Crippen LogP contribution in [0.15, 0.2) is 258 Å². The van der Waals surface area contributed by atoms with Crippen LogP contribution in [0.1, 0.15) is 44.5 Å². The molecule has 400 valence electrons. The Balaban J connectivity index is 1.01. The molecule has 0 fully saturated rings. The molecule has 7 heteroatoms. The maximum atomic E-state index is 10.3. The van der Waals surface area contributed by atoms with Gasteiger partial charge in [-0.05, 0) is 177 Å². The molecule has 3 aromatic heterocycles. The van der Waals surface area contributed by atoms with Gasteiger partial charge in [0.15, 0.2) is 11.2 Å². The summed E-state index contributed by atoms with van der Waals surface area (Å²) in [4.78, 5) is 4.61. The zero-order valence-electron chi connectivity index (χ0n) is 46.7. The van der Waals surface area contributed by atoms with E-state index in [1.807, 2.05) is 36.4 Å². The second-order valence-corrected chi connectivity index (χ2v) is 23.0. The molecule has 13 aromatic carbocycles. The Kier molecular flexibility index (Phi) is 9.86. The summed E-state index contributed by atoms with van der Waals surface area (Å²) in [7, 11) is 0. The van der Waals surface area contributed by atoms with Gasteiger partial charge in [0, 0.05) is 55.1 Å². The molecule has 0 radical (unpaired) electrons. The van der Waals surface area contributed by atoms with Crippen LogP contribution in [0.5, 0.6) is 0 Å².